The van der Waals surface area contributed by atoms with Crippen LogP contribution in [0.1, 0.15) is 48.7 Å². The van der Waals surface area contributed by atoms with Crippen LogP contribution in [0, 0.1) is 13.8 Å². The highest BCUT2D eigenvalue weighted by Gasteiger charge is 2.21. The van der Waals surface area contributed by atoms with Crippen molar-refractivity contribution in [2.24, 2.45) is 0 Å². The van der Waals surface area contributed by atoms with Crippen LogP contribution in [0.3, 0.4) is 0 Å². The molecule has 3 rings (SSSR count). The van der Waals surface area contributed by atoms with Gasteiger partial charge in [0.25, 0.3) is 11.7 Å². The summed E-state index contributed by atoms with van der Waals surface area (Å²) < 4.78 is 6.95. The summed E-state index contributed by atoms with van der Waals surface area (Å²) in [4.78, 5) is 33.3. The van der Waals surface area contributed by atoms with Gasteiger partial charge in [-0.25, -0.2) is 9.50 Å². The molecule has 0 saturated carbocycles. The van der Waals surface area contributed by atoms with Crippen molar-refractivity contribution >= 4 is 17.7 Å². The molecule has 1 aromatic carbocycles. The number of hydrogen-bond donors (Lipinski definition) is 1. The van der Waals surface area contributed by atoms with E-state index in [1.807, 2.05) is 32.0 Å². The summed E-state index contributed by atoms with van der Waals surface area (Å²) in [5, 5.41) is 7.01. The SMILES string of the molecule is CC[C@H](CNC(=O)[C@H](C)OC(=O)Cc1c(C)nc2ncnn2c1C)c1ccccc1. The Labute approximate surface area is 175 Å². The summed E-state index contributed by atoms with van der Waals surface area (Å²) in [5.41, 5.74) is 3.36. The Hall–Kier alpha value is -3.29. The van der Waals surface area contributed by atoms with Gasteiger partial charge in [-0.05, 0) is 32.8 Å². The lowest BCUT2D eigenvalue weighted by Crippen LogP contribution is -2.38. The van der Waals surface area contributed by atoms with E-state index in [1.54, 1.807) is 11.4 Å². The zero-order valence-corrected chi connectivity index (χ0v) is 17.8. The predicted molar refractivity (Wildman–Crippen MR) is 112 cm³/mol. The first-order chi connectivity index (χ1) is 14.4. The fraction of sp³-hybridized carbons (Fsp3) is 0.409. The number of rotatable bonds is 8. The number of aromatic nitrogens is 4. The maximum absolute atomic E-state index is 12.4. The van der Waals surface area contributed by atoms with E-state index in [4.69, 9.17) is 4.74 Å². The Morgan fingerprint density at radius 1 is 1.20 bits per heavy atom. The third-order valence-corrected chi connectivity index (χ3v) is 5.27. The van der Waals surface area contributed by atoms with Crippen LogP contribution in [0.15, 0.2) is 36.7 Å². The number of carbonyl (C=O) groups is 2. The van der Waals surface area contributed by atoms with Crippen molar-refractivity contribution in [2.75, 3.05) is 6.54 Å². The molecule has 30 heavy (non-hydrogen) atoms. The molecule has 1 amide bonds. The fourth-order valence-corrected chi connectivity index (χ4v) is 3.44. The number of fused-ring (bicyclic) bond motifs is 1. The van der Waals surface area contributed by atoms with E-state index in [9.17, 15) is 9.59 Å². The van der Waals surface area contributed by atoms with E-state index in [-0.39, 0.29) is 18.2 Å². The minimum Gasteiger partial charge on any atom is -0.452 e. The largest absolute Gasteiger partial charge is 0.452 e. The van der Waals surface area contributed by atoms with Crippen molar-refractivity contribution in [3.8, 4) is 0 Å². The van der Waals surface area contributed by atoms with Crippen molar-refractivity contribution in [3.63, 3.8) is 0 Å². The van der Waals surface area contributed by atoms with Gasteiger partial charge in [0.1, 0.15) is 6.33 Å². The Kier molecular flexibility index (Phi) is 6.76. The highest BCUT2D eigenvalue weighted by molar-refractivity contribution is 5.84. The third-order valence-electron chi connectivity index (χ3n) is 5.27. The molecule has 0 radical (unpaired) electrons. The number of carbonyl (C=O) groups excluding carboxylic acids is 2. The number of amides is 1. The van der Waals surface area contributed by atoms with Crippen LogP contribution in [0.2, 0.25) is 0 Å². The third kappa shape index (κ3) is 4.82. The maximum Gasteiger partial charge on any atom is 0.311 e. The molecule has 0 unspecified atom stereocenters. The molecule has 0 aliphatic carbocycles. The number of benzene rings is 1. The van der Waals surface area contributed by atoms with Gasteiger partial charge in [0.05, 0.1) is 6.42 Å². The zero-order chi connectivity index (χ0) is 21.7. The van der Waals surface area contributed by atoms with Crippen LogP contribution >= 0.6 is 0 Å². The van der Waals surface area contributed by atoms with Crippen LogP contribution < -0.4 is 5.32 Å². The lowest BCUT2D eigenvalue weighted by atomic mass is 9.96. The van der Waals surface area contributed by atoms with E-state index in [0.717, 1.165) is 17.7 Å². The van der Waals surface area contributed by atoms with Gasteiger partial charge < -0.3 is 10.1 Å². The number of hydrogen-bond acceptors (Lipinski definition) is 6. The van der Waals surface area contributed by atoms with Gasteiger partial charge in [-0.1, -0.05) is 37.3 Å². The summed E-state index contributed by atoms with van der Waals surface area (Å²) in [6, 6.07) is 10.0. The molecule has 8 heteroatoms. The van der Waals surface area contributed by atoms with Crippen molar-refractivity contribution in [2.45, 2.75) is 52.6 Å². The monoisotopic (exact) mass is 409 g/mol. The second-order valence-corrected chi connectivity index (χ2v) is 7.30. The average molecular weight is 409 g/mol. The molecule has 0 aliphatic rings. The standard InChI is InChI=1S/C22H27N5O3/c1-5-17(18-9-7-6-8-10-18)12-23-21(29)16(4)30-20(28)11-19-14(2)26-22-24-13-25-27(22)15(19)3/h6-10,13,16-17H,5,11-12H2,1-4H3,(H,23,29)/t16-,17+/m0/s1. The molecule has 0 spiro atoms. The second kappa shape index (κ2) is 9.47. The van der Waals surface area contributed by atoms with E-state index in [1.165, 1.54) is 11.9 Å². The number of nitrogens with zero attached hydrogens (tertiary/aromatic N) is 4. The molecule has 2 atom stereocenters. The summed E-state index contributed by atoms with van der Waals surface area (Å²) >= 11 is 0. The van der Waals surface area contributed by atoms with Crippen LogP contribution in [-0.2, 0) is 20.7 Å². The van der Waals surface area contributed by atoms with Crippen molar-refractivity contribution in [1.82, 2.24) is 24.9 Å². The number of esters is 1. The molecule has 0 saturated heterocycles. The molecule has 8 nitrogen and oxygen atoms in total. The Morgan fingerprint density at radius 2 is 1.93 bits per heavy atom. The number of ether oxygens (including phenoxy) is 1. The van der Waals surface area contributed by atoms with Gasteiger partial charge in [-0.15, -0.1) is 0 Å². The molecule has 0 aliphatic heterocycles. The van der Waals surface area contributed by atoms with Gasteiger partial charge in [0.15, 0.2) is 6.10 Å². The van der Waals surface area contributed by atoms with E-state index in [2.05, 4.69) is 39.4 Å². The van der Waals surface area contributed by atoms with Gasteiger partial charge in [0.2, 0.25) is 0 Å². The Balaban J connectivity index is 1.57. The van der Waals surface area contributed by atoms with E-state index in [0.29, 0.717) is 18.0 Å². The van der Waals surface area contributed by atoms with E-state index < -0.39 is 12.1 Å². The van der Waals surface area contributed by atoms with E-state index >= 15 is 0 Å². The second-order valence-electron chi connectivity index (χ2n) is 7.30. The molecule has 2 aromatic heterocycles. The van der Waals surface area contributed by atoms with Crippen LogP contribution in [-0.4, -0.2) is 44.1 Å². The van der Waals surface area contributed by atoms with Gasteiger partial charge >= 0.3 is 5.97 Å². The van der Waals surface area contributed by atoms with Crippen LogP contribution in [0.4, 0.5) is 0 Å². The molecule has 3 aromatic rings. The molecular weight excluding hydrogens is 382 g/mol. The average Bonchev–Trinajstić information content (AvgIpc) is 3.20. The minimum atomic E-state index is -0.880. The smallest absolute Gasteiger partial charge is 0.311 e. The number of aryl methyl sites for hydroxylation is 2. The van der Waals surface area contributed by atoms with Crippen LogP contribution in [0.25, 0.3) is 5.78 Å². The Morgan fingerprint density at radius 3 is 2.63 bits per heavy atom. The first-order valence-electron chi connectivity index (χ1n) is 10.1. The molecule has 2 heterocycles. The molecule has 0 fully saturated rings. The Bertz CT molecular complexity index is 1030. The number of nitrogens with one attached hydrogen (secondary N) is 1. The lowest BCUT2D eigenvalue weighted by molar-refractivity contribution is -0.154. The zero-order valence-electron chi connectivity index (χ0n) is 17.8. The molecular formula is C22H27N5O3. The van der Waals surface area contributed by atoms with Crippen molar-refractivity contribution in [1.29, 1.82) is 0 Å². The minimum absolute atomic E-state index is 0.0136. The molecule has 1 N–H and O–H groups in total. The first kappa shape index (κ1) is 21.4. The highest BCUT2D eigenvalue weighted by atomic mass is 16.5. The molecule has 158 valence electrons. The normalized spacial score (nSPS) is 13.1. The quantitative estimate of drug-likeness (QED) is 0.574. The summed E-state index contributed by atoms with van der Waals surface area (Å²) in [7, 11) is 0. The summed E-state index contributed by atoms with van der Waals surface area (Å²) in [5.74, 6) is -0.0983. The van der Waals surface area contributed by atoms with Crippen LogP contribution in [0.5, 0.6) is 0 Å². The van der Waals surface area contributed by atoms with Gasteiger partial charge in [-0.2, -0.15) is 10.1 Å². The predicted octanol–water partition coefficient (Wildman–Crippen LogP) is 2.53. The lowest BCUT2D eigenvalue weighted by Gasteiger charge is -2.19. The maximum atomic E-state index is 12.4. The van der Waals surface area contributed by atoms with Gasteiger partial charge in [-0.3, -0.25) is 9.59 Å². The molecule has 0 bridgehead atoms. The van der Waals surface area contributed by atoms with Gasteiger partial charge in [0, 0.05) is 29.4 Å². The summed E-state index contributed by atoms with van der Waals surface area (Å²) in [6.07, 6.45) is 1.45. The fourth-order valence-electron chi connectivity index (χ4n) is 3.44. The first-order valence-corrected chi connectivity index (χ1v) is 10.1. The van der Waals surface area contributed by atoms with Crippen molar-refractivity contribution < 1.29 is 14.3 Å². The highest BCUT2D eigenvalue weighted by Crippen LogP contribution is 2.18. The van der Waals surface area contributed by atoms with Crippen molar-refractivity contribution in [3.05, 3.63) is 59.2 Å². The topological polar surface area (TPSA) is 98.5 Å². The summed E-state index contributed by atoms with van der Waals surface area (Å²) in [6.45, 7) is 7.82.